The van der Waals surface area contributed by atoms with Crippen LogP contribution in [-0.2, 0) is 53.2 Å². The number of nitrogens with one attached hydrogen (secondary N) is 1. The Bertz CT molecular complexity index is 2930. The quantitative estimate of drug-likeness (QED) is 0.127. The Morgan fingerprint density at radius 3 is 1.52 bits per heavy atom. The van der Waals surface area contributed by atoms with Crippen LogP contribution in [0, 0.1) is 32.6 Å². The molecule has 1 amide bonds. The molecular formula is C51H81BBrN10O12-. The monoisotopic (exact) mass is 1120 g/mol. The van der Waals surface area contributed by atoms with Crippen molar-refractivity contribution in [3.8, 4) is 5.75 Å². The maximum atomic E-state index is 12.1. The van der Waals surface area contributed by atoms with Gasteiger partial charge in [0, 0.05) is 69.8 Å². The molecule has 418 valence electrons. The van der Waals surface area contributed by atoms with E-state index in [1.54, 1.807) is 54.6 Å². The molecule has 0 bridgehead atoms. The third-order valence-electron chi connectivity index (χ3n) is 11.9. The van der Waals surface area contributed by atoms with Crippen molar-refractivity contribution < 1.29 is 38.5 Å². The number of carbonyl (C=O) groups excluding carboxylic acids is 4. The third-order valence-corrected chi connectivity index (χ3v) is 12.8. The minimum atomic E-state index is -0.572. The van der Waals surface area contributed by atoms with Crippen LogP contribution in [0.1, 0.15) is 155 Å². The molecule has 0 aromatic carbocycles. The van der Waals surface area contributed by atoms with Gasteiger partial charge in [-0.05, 0) is 84.9 Å². The summed E-state index contributed by atoms with van der Waals surface area (Å²) in [6, 6.07) is 0. The first-order valence-corrected chi connectivity index (χ1v) is 24.0. The molecule has 4 aromatic heterocycles. The summed E-state index contributed by atoms with van der Waals surface area (Å²) in [6.45, 7) is 11.5. The largest absolute Gasteiger partial charge is 0.501 e. The normalized spacial score (nSPS) is 15.9. The number of halogens is 1. The van der Waals surface area contributed by atoms with Gasteiger partial charge in [-0.3, -0.25) is 42.2 Å². The van der Waals surface area contributed by atoms with Crippen molar-refractivity contribution in [1.29, 1.82) is 0 Å². The van der Waals surface area contributed by atoms with Crippen LogP contribution in [0.25, 0.3) is 6.08 Å². The van der Waals surface area contributed by atoms with Crippen LogP contribution in [0.15, 0.2) is 25.3 Å². The van der Waals surface area contributed by atoms with Gasteiger partial charge in [0.1, 0.15) is 23.3 Å². The van der Waals surface area contributed by atoms with E-state index in [9.17, 15) is 43.5 Å². The van der Waals surface area contributed by atoms with Crippen LogP contribution < -0.4 is 27.6 Å². The Morgan fingerprint density at radius 1 is 0.640 bits per heavy atom. The summed E-state index contributed by atoms with van der Waals surface area (Å²) in [5, 5.41) is 12.5. The first kappa shape index (κ1) is 68.4. The molecule has 2 N–H and O–H groups in total. The number of ether oxygens (including phenoxy) is 3. The molecule has 4 aliphatic heterocycles. The SMILES string of the molecule is C.C.C.CC1CCn2c(nc(C(=O)N(C)C)c(O)c2=O)C1.CNC.COC(=O)c1nc2n(c(=O)c1C)CCC(C)C2.COC(=O)c1nc2n(c(=O)c1C)CCC=C2.COC(=O)c1nc2n(c(=O)c1C)CCCC2Br.[BH4-]. The van der Waals surface area contributed by atoms with Gasteiger partial charge in [-0.2, -0.15) is 0 Å². The van der Waals surface area contributed by atoms with Crippen LogP contribution in [0.4, 0.5) is 0 Å². The number of nitrogens with zero attached hydrogens (tertiary/aromatic N) is 9. The molecular weight excluding hydrogens is 1040 g/mol. The average Bonchev–Trinajstić information content (AvgIpc) is 3.35. The second-order valence-electron chi connectivity index (χ2n) is 17.6. The van der Waals surface area contributed by atoms with E-state index in [2.05, 4.69) is 69.2 Å². The fraction of sp³-hybridized carbons (Fsp3) is 0.569. The highest BCUT2D eigenvalue weighted by Crippen LogP contribution is 2.30. The maximum Gasteiger partial charge on any atom is 0.357 e. The molecule has 0 aliphatic carbocycles. The first-order valence-electron chi connectivity index (χ1n) is 23.1. The Morgan fingerprint density at radius 2 is 1.05 bits per heavy atom. The molecule has 4 aliphatic rings. The zero-order chi connectivity index (χ0) is 53.0. The van der Waals surface area contributed by atoms with Crippen LogP contribution in [0.5, 0.6) is 5.75 Å². The second kappa shape index (κ2) is 30.7. The van der Waals surface area contributed by atoms with Crippen molar-refractivity contribution in [1.82, 2.24) is 48.4 Å². The summed E-state index contributed by atoms with van der Waals surface area (Å²) in [6.07, 6.45) is 9.58. The molecule has 0 saturated carbocycles. The Kier molecular flexibility index (Phi) is 28.0. The predicted octanol–water partition coefficient (Wildman–Crippen LogP) is 3.77. The van der Waals surface area contributed by atoms with Crippen molar-refractivity contribution in [3.05, 3.63) is 110 Å². The highest BCUT2D eigenvalue weighted by atomic mass is 79.9. The highest BCUT2D eigenvalue weighted by Gasteiger charge is 2.28. The van der Waals surface area contributed by atoms with Gasteiger partial charge in [-0.25, -0.2) is 34.3 Å². The number of esters is 3. The number of hydrogen-bond donors (Lipinski definition) is 2. The van der Waals surface area contributed by atoms with E-state index in [1.165, 1.54) is 30.8 Å². The first-order chi connectivity index (χ1) is 33.6. The van der Waals surface area contributed by atoms with Gasteiger partial charge in [0.15, 0.2) is 22.8 Å². The lowest BCUT2D eigenvalue weighted by Crippen LogP contribution is -2.34. The molecule has 4 aromatic rings. The van der Waals surface area contributed by atoms with E-state index < -0.39 is 35.1 Å². The number of carbonyl (C=O) groups is 4. The molecule has 8 rings (SSSR count). The molecule has 75 heavy (non-hydrogen) atoms. The molecule has 3 unspecified atom stereocenters. The van der Waals surface area contributed by atoms with Crippen molar-refractivity contribution in [2.45, 2.75) is 133 Å². The fourth-order valence-corrected chi connectivity index (χ4v) is 8.58. The number of allylic oxidation sites excluding steroid dienone is 1. The summed E-state index contributed by atoms with van der Waals surface area (Å²) < 4.78 is 20.2. The fourth-order valence-electron chi connectivity index (χ4n) is 7.91. The Balaban J connectivity index is 0.000000940. The molecule has 0 radical (unpaired) electrons. The van der Waals surface area contributed by atoms with E-state index in [0.29, 0.717) is 84.4 Å². The zero-order valence-corrected chi connectivity index (χ0v) is 44.1. The van der Waals surface area contributed by atoms with Crippen molar-refractivity contribution >= 4 is 54.2 Å². The van der Waals surface area contributed by atoms with Gasteiger partial charge in [0.25, 0.3) is 28.1 Å². The van der Waals surface area contributed by atoms with Gasteiger partial charge in [-0.15, -0.1) is 0 Å². The van der Waals surface area contributed by atoms with Crippen molar-refractivity contribution in [3.63, 3.8) is 0 Å². The number of rotatable bonds is 4. The summed E-state index contributed by atoms with van der Waals surface area (Å²) in [5.41, 5.74) is 0.320. The van der Waals surface area contributed by atoms with Crippen LogP contribution in [0.3, 0.4) is 0 Å². The summed E-state index contributed by atoms with van der Waals surface area (Å²) in [7, 11) is 10.7. The van der Waals surface area contributed by atoms with E-state index in [4.69, 9.17) is 0 Å². The predicted molar refractivity (Wildman–Crippen MR) is 298 cm³/mol. The summed E-state index contributed by atoms with van der Waals surface area (Å²) in [4.78, 5) is 113. The molecule has 22 nitrogen and oxygen atoms in total. The lowest BCUT2D eigenvalue weighted by molar-refractivity contribution is 0.0583. The molecule has 0 fully saturated rings. The van der Waals surface area contributed by atoms with Crippen molar-refractivity contribution in [2.24, 2.45) is 11.8 Å². The number of alkyl halides is 1. The van der Waals surface area contributed by atoms with Crippen LogP contribution >= 0.6 is 15.9 Å². The van der Waals surface area contributed by atoms with Crippen LogP contribution in [0.2, 0.25) is 0 Å². The number of amides is 1. The van der Waals surface area contributed by atoms with E-state index in [-0.39, 0.29) is 75.0 Å². The smallest absolute Gasteiger partial charge is 0.357 e. The number of fused-ring (bicyclic) bond motifs is 4. The van der Waals surface area contributed by atoms with E-state index in [1.807, 2.05) is 20.2 Å². The van der Waals surface area contributed by atoms with E-state index in [0.717, 1.165) is 38.5 Å². The number of hydrogen-bond acceptors (Lipinski definition) is 17. The second-order valence-corrected chi connectivity index (χ2v) is 18.7. The molecule has 24 heteroatoms. The summed E-state index contributed by atoms with van der Waals surface area (Å²) >= 11 is 3.48. The van der Waals surface area contributed by atoms with Crippen molar-refractivity contribution in [2.75, 3.05) is 49.5 Å². The van der Waals surface area contributed by atoms with Gasteiger partial charge in [0.05, 0.1) is 26.2 Å². The minimum Gasteiger partial charge on any atom is -0.501 e. The van der Waals surface area contributed by atoms with Gasteiger partial charge in [0.2, 0.25) is 5.75 Å². The average molecular weight is 1120 g/mol. The van der Waals surface area contributed by atoms with Crippen LogP contribution in [-0.4, -0.2) is 130 Å². The van der Waals surface area contributed by atoms with Gasteiger partial charge >= 0.3 is 17.9 Å². The lowest BCUT2D eigenvalue weighted by Gasteiger charge is -2.23. The molecule has 8 heterocycles. The van der Waals surface area contributed by atoms with Gasteiger partial charge < -0.3 is 29.5 Å². The lowest BCUT2D eigenvalue weighted by atomic mass is 9.99. The minimum absolute atomic E-state index is 0. The maximum absolute atomic E-state index is 12.1. The topological polar surface area (TPSA) is 271 Å². The molecule has 0 spiro atoms. The highest BCUT2D eigenvalue weighted by molar-refractivity contribution is 9.09. The van der Waals surface area contributed by atoms with Gasteiger partial charge in [-0.1, -0.05) is 66.5 Å². The molecule has 3 atom stereocenters. The third kappa shape index (κ3) is 16.0. The number of aromatic hydroxyl groups is 1. The number of methoxy groups -OCH3 is 3. The zero-order valence-electron chi connectivity index (χ0n) is 42.5. The number of aromatic nitrogens is 8. The molecule has 0 saturated heterocycles. The Labute approximate surface area is 449 Å². The standard InChI is InChI=1S/C12H17N3O3.C12H16N2O3.C11H13BrN2O3.C11H12N2O3.C2H7N.3CH4.BH4/c1-7-4-5-15-8(6-7)13-9(10(16)12(15)18)11(17)14(2)3;1-7-4-5-14-9(6-7)13-10(12(16)17-3)8(2)11(14)15;1-6-8(11(16)17-2)13-9-7(12)4-3-5-14(9)10(6)15;1-7-9(11(15)16-2)12-8-5-3-4-6-13(8)10(7)14;1-3-2;;;;/h7,16H,4-6H2,1-3H3;7H,4-6H2,1-3H3;7H,3-5H2,1-2H3;3,5H,4,6H2,1-2H3;3H,1-2H3;4*1H4/q;;;;;;;;-1. The summed E-state index contributed by atoms with van der Waals surface area (Å²) in [5.74, 6) is 0.666. The van der Waals surface area contributed by atoms with E-state index >= 15 is 0 Å². The Hall–Kier alpha value is -6.56.